The Morgan fingerprint density at radius 3 is 2.50 bits per heavy atom. The van der Waals surface area contributed by atoms with Crippen molar-refractivity contribution >= 4 is 28.4 Å². The van der Waals surface area contributed by atoms with E-state index in [9.17, 15) is 17.4 Å². The fraction of sp³-hybridized carbons (Fsp3) is 0.462. The van der Waals surface area contributed by atoms with Crippen molar-refractivity contribution < 1.29 is 17.4 Å². The molecule has 0 saturated heterocycles. The van der Waals surface area contributed by atoms with Crippen molar-refractivity contribution in [2.24, 2.45) is 0 Å². The van der Waals surface area contributed by atoms with Crippen LogP contribution in [0.1, 0.15) is 25.1 Å². The Hall–Kier alpha value is -2.17. The van der Waals surface area contributed by atoms with Crippen molar-refractivity contribution in [2.45, 2.75) is 32.2 Å². The summed E-state index contributed by atoms with van der Waals surface area (Å²) in [4.78, 5) is 7.50. The first-order valence-corrected chi connectivity index (χ1v) is 8.16. The fourth-order valence-electron chi connectivity index (χ4n) is 1.86. The van der Waals surface area contributed by atoms with Gasteiger partial charge in [0, 0.05) is 13.2 Å². The van der Waals surface area contributed by atoms with Gasteiger partial charge in [0.2, 0.25) is 5.95 Å². The molecule has 11 heteroatoms. The normalized spacial score (nSPS) is 13.2. The van der Waals surface area contributed by atoms with Crippen molar-refractivity contribution in [3.63, 3.8) is 0 Å². The predicted octanol–water partition coefficient (Wildman–Crippen LogP) is 2.71. The molecule has 1 atom stereocenters. The number of rotatable bonds is 5. The Labute approximate surface area is 139 Å². The lowest BCUT2D eigenvalue weighted by Gasteiger charge is -2.13. The van der Waals surface area contributed by atoms with Crippen LogP contribution < -0.4 is 10.6 Å². The third-order valence-corrected chi connectivity index (χ3v) is 4.64. The summed E-state index contributed by atoms with van der Waals surface area (Å²) in [5.74, 6) is -0.360. The Balaban J connectivity index is 2.31. The molecule has 0 spiro atoms. The Kier molecular flexibility index (Phi) is 5.11. The van der Waals surface area contributed by atoms with Crippen LogP contribution in [0.3, 0.4) is 0 Å². The molecule has 2 aromatic rings. The molecule has 0 aliphatic carbocycles. The van der Waals surface area contributed by atoms with Gasteiger partial charge < -0.3 is 10.6 Å². The molecule has 0 saturated carbocycles. The van der Waals surface area contributed by atoms with Crippen molar-refractivity contribution in [1.82, 2.24) is 19.2 Å². The quantitative estimate of drug-likeness (QED) is 0.851. The first-order valence-electron chi connectivity index (χ1n) is 6.99. The molecule has 0 aliphatic heterocycles. The molecule has 132 valence electrons. The third kappa shape index (κ3) is 3.66. The van der Waals surface area contributed by atoms with E-state index < -0.39 is 22.7 Å². The van der Waals surface area contributed by atoms with Crippen LogP contribution in [0, 0.1) is 6.92 Å². The number of aromatic nitrogens is 4. The van der Waals surface area contributed by atoms with Gasteiger partial charge in [-0.3, -0.25) is 0 Å². The monoisotopic (exact) mass is 362 g/mol. The van der Waals surface area contributed by atoms with Crippen molar-refractivity contribution in [3.05, 3.63) is 23.7 Å². The Morgan fingerprint density at radius 2 is 1.96 bits per heavy atom. The van der Waals surface area contributed by atoms with Gasteiger partial charge in [-0.1, -0.05) is 0 Å². The summed E-state index contributed by atoms with van der Waals surface area (Å²) >= 11 is 0. The van der Waals surface area contributed by atoms with Crippen molar-refractivity contribution in [1.29, 1.82) is 0 Å². The zero-order chi connectivity index (χ0) is 18.1. The largest absolute Gasteiger partial charge is 0.421 e. The van der Waals surface area contributed by atoms with Crippen LogP contribution in [0.5, 0.6) is 0 Å². The highest BCUT2D eigenvalue weighted by atomic mass is 32.2. The van der Waals surface area contributed by atoms with E-state index in [4.69, 9.17) is 0 Å². The minimum atomic E-state index is -4.55. The molecule has 1 unspecified atom stereocenters. The van der Waals surface area contributed by atoms with E-state index in [1.54, 1.807) is 20.8 Å². The molecule has 2 rings (SSSR count). The number of halogens is 3. The minimum absolute atomic E-state index is 0.0228. The van der Waals surface area contributed by atoms with Crippen LogP contribution in [-0.4, -0.2) is 35.7 Å². The summed E-state index contributed by atoms with van der Waals surface area (Å²) < 4.78 is 52.0. The summed E-state index contributed by atoms with van der Waals surface area (Å²) in [5.41, 5.74) is 0.0752. The molecule has 0 fully saturated rings. The molecule has 0 aromatic carbocycles. The summed E-state index contributed by atoms with van der Waals surface area (Å²) in [7, 11) is 0.00199. The molecular formula is C13H17F3N6OS. The molecule has 2 heterocycles. The maximum Gasteiger partial charge on any atom is 0.421 e. The molecule has 0 aliphatic rings. The zero-order valence-corrected chi connectivity index (χ0v) is 14.3. The van der Waals surface area contributed by atoms with Gasteiger partial charge in [0.05, 0.1) is 22.8 Å². The maximum absolute atomic E-state index is 12.8. The zero-order valence-electron chi connectivity index (χ0n) is 13.5. The topological polar surface area (TPSA) is 84.7 Å². The first kappa shape index (κ1) is 18.2. The van der Waals surface area contributed by atoms with Gasteiger partial charge >= 0.3 is 6.18 Å². The summed E-state index contributed by atoms with van der Waals surface area (Å²) in [6, 6.07) is 0. The standard InChI is InChI=1S/C13H17F3N6OS/c1-7(2)24(23)22-8(3)10(6-19-22)20-12-18-5-9(13(14,15)16)11(17-4)21-12/h5-7H,1-4H3,(H2,17,18,20,21). The second-order valence-electron chi connectivity index (χ2n) is 5.17. The molecule has 0 amide bonds. The molecule has 0 bridgehead atoms. The van der Waals surface area contributed by atoms with E-state index in [0.717, 1.165) is 0 Å². The number of hydrogen-bond acceptors (Lipinski definition) is 6. The highest BCUT2D eigenvalue weighted by molar-refractivity contribution is 7.84. The average molecular weight is 362 g/mol. The smallest absolute Gasteiger partial charge is 0.372 e. The molecular weight excluding hydrogens is 345 g/mol. The molecule has 7 nitrogen and oxygen atoms in total. The van der Waals surface area contributed by atoms with Gasteiger partial charge in [-0.25, -0.2) is 9.19 Å². The predicted molar refractivity (Wildman–Crippen MR) is 85.5 cm³/mol. The van der Waals surface area contributed by atoms with Gasteiger partial charge in [0.1, 0.15) is 22.4 Å². The fourth-order valence-corrected chi connectivity index (χ4v) is 2.77. The van der Waals surface area contributed by atoms with Crippen molar-refractivity contribution in [3.8, 4) is 0 Å². The highest BCUT2D eigenvalue weighted by Gasteiger charge is 2.35. The Morgan fingerprint density at radius 1 is 1.29 bits per heavy atom. The minimum Gasteiger partial charge on any atom is -0.372 e. The SMILES string of the molecule is CNc1nc(Nc2cnn(S(=O)C(C)C)c2C)ncc1C(F)(F)F. The summed E-state index contributed by atoms with van der Waals surface area (Å²) in [6.45, 7) is 5.28. The van der Waals surface area contributed by atoms with Crippen LogP contribution in [0.25, 0.3) is 0 Å². The molecule has 24 heavy (non-hydrogen) atoms. The summed E-state index contributed by atoms with van der Waals surface area (Å²) in [6.07, 6.45) is -2.42. The average Bonchev–Trinajstić information content (AvgIpc) is 2.86. The van der Waals surface area contributed by atoms with Gasteiger partial charge in [0.15, 0.2) is 0 Å². The van der Waals surface area contributed by atoms with Crippen LogP contribution in [-0.2, 0) is 17.2 Å². The second-order valence-corrected chi connectivity index (χ2v) is 7.01. The molecule has 0 radical (unpaired) electrons. The van der Waals surface area contributed by atoms with Gasteiger partial charge in [-0.2, -0.15) is 27.3 Å². The second kappa shape index (κ2) is 6.75. The maximum atomic E-state index is 12.8. The lowest BCUT2D eigenvalue weighted by Crippen LogP contribution is -2.17. The number of anilines is 3. The number of nitrogens with zero attached hydrogens (tertiary/aromatic N) is 4. The highest BCUT2D eigenvalue weighted by Crippen LogP contribution is 2.33. The van der Waals surface area contributed by atoms with E-state index in [1.807, 2.05) is 0 Å². The first-order chi connectivity index (χ1) is 11.1. The number of hydrogen-bond donors (Lipinski definition) is 2. The van der Waals surface area contributed by atoms with E-state index in [0.29, 0.717) is 17.6 Å². The van der Waals surface area contributed by atoms with Crippen molar-refractivity contribution in [2.75, 3.05) is 17.7 Å². The Bertz CT molecular complexity index is 759. The van der Waals surface area contributed by atoms with E-state index in [1.165, 1.54) is 17.3 Å². The molecule has 2 N–H and O–H groups in total. The number of alkyl halides is 3. The van der Waals surface area contributed by atoms with Gasteiger partial charge in [-0.05, 0) is 20.8 Å². The van der Waals surface area contributed by atoms with Crippen LogP contribution in [0.4, 0.5) is 30.6 Å². The summed E-state index contributed by atoms with van der Waals surface area (Å²) in [5, 5.41) is 9.10. The van der Waals surface area contributed by atoms with E-state index in [2.05, 4.69) is 25.7 Å². The lowest BCUT2D eigenvalue weighted by molar-refractivity contribution is -0.137. The lowest BCUT2D eigenvalue weighted by atomic mass is 10.3. The van der Waals surface area contributed by atoms with Gasteiger partial charge in [-0.15, -0.1) is 0 Å². The van der Waals surface area contributed by atoms with Crippen LogP contribution >= 0.6 is 0 Å². The van der Waals surface area contributed by atoms with Crippen LogP contribution in [0.2, 0.25) is 0 Å². The van der Waals surface area contributed by atoms with E-state index >= 15 is 0 Å². The molecule has 2 aromatic heterocycles. The third-order valence-electron chi connectivity index (χ3n) is 3.12. The van der Waals surface area contributed by atoms with E-state index in [-0.39, 0.29) is 17.0 Å². The van der Waals surface area contributed by atoms with Crippen LogP contribution in [0.15, 0.2) is 12.4 Å². The number of nitrogens with one attached hydrogen (secondary N) is 2. The van der Waals surface area contributed by atoms with Gasteiger partial charge in [0.25, 0.3) is 0 Å².